The highest BCUT2D eigenvalue weighted by atomic mass is 16.1. The van der Waals surface area contributed by atoms with E-state index in [4.69, 9.17) is 0 Å². The van der Waals surface area contributed by atoms with Crippen molar-refractivity contribution in [2.45, 2.75) is 39.0 Å². The van der Waals surface area contributed by atoms with E-state index in [1.807, 2.05) is 37.5 Å². The molecule has 0 bridgehead atoms. The van der Waals surface area contributed by atoms with Crippen LogP contribution in [-0.2, 0) is 18.9 Å². The van der Waals surface area contributed by atoms with Crippen LogP contribution in [-0.4, -0.2) is 15.3 Å². The maximum Gasteiger partial charge on any atom is 0.163 e. The fourth-order valence-electron chi connectivity index (χ4n) is 3.19. The lowest BCUT2D eigenvalue weighted by Gasteiger charge is -2.22. The molecule has 0 amide bonds. The van der Waals surface area contributed by atoms with Crippen LogP contribution in [0.1, 0.15) is 48.8 Å². The van der Waals surface area contributed by atoms with E-state index in [0.29, 0.717) is 12.8 Å². The first-order valence-corrected chi connectivity index (χ1v) is 8.39. The van der Waals surface area contributed by atoms with Gasteiger partial charge in [0, 0.05) is 42.5 Å². The predicted octanol–water partition coefficient (Wildman–Crippen LogP) is 4.69. The number of fused-ring (bicyclic) bond motifs is 1. The van der Waals surface area contributed by atoms with Crippen molar-refractivity contribution in [2.24, 2.45) is 7.05 Å². The minimum absolute atomic E-state index is 0.0416. The molecule has 0 aliphatic rings. The van der Waals surface area contributed by atoms with Gasteiger partial charge in [-0.25, -0.2) is 0 Å². The number of hydrogen-bond donors (Lipinski definition) is 0. The van der Waals surface area contributed by atoms with Gasteiger partial charge in [0.2, 0.25) is 0 Å². The Hall–Kier alpha value is -2.42. The quantitative estimate of drug-likeness (QED) is 0.654. The molecule has 0 fully saturated rings. The molecule has 0 aliphatic carbocycles. The van der Waals surface area contributed by atoms with Gasteiger partial charge < -0.3 is 4.57 Å². The van der Waals surface area contributed by atoms with Gasteiger partial charge in [0.15, 0.2) is 5.78 Å². The Morgan fingerprint density at radius 1 is 1.12 bits per heavy atom. The topological polar surface area (TPSA) is 34.9 Å². The fourth-order valence-corrected chi connectivity index (χ4v) is 3.19. The van der Waals surface area contributed by atoms with Crippen LogP contribution in [0.25, 0.3) is 10.9 Å². The standard InChI is InChI=1S/C21H24N2O/c1-21(2,3)18-10-9-16(17-12-14-23(4)20(17)18)19(24)11-8-15-7-5-6-13-22-15/h5-7,9-10,12-14H,8,11H2,1-4H3. The number of rotatable bonds is 4. The van der Waals surface area contributed by atoms with E-state index in [-0.39, 0.29) is 11.2 Å². The summed E-state index contributed by atoms with van der Waals surface area (Å²) in [5.74, 6) is 0.178. The Labute approximate surface area is 143 Å². The van der Waals surface area contributed by atoms with Gasteiger partial charge in [0.25, 0.3) is 0 Å². The molecule has 1 aromatic carbocycles. The first-order valence-electron chi connectivity index (χ1n) is 8.39. The average molecular weight is 320 g/mol. The van der Waals surface area contributed by atoms with Crippen LogP contribution in [0.2, 0.25) is 0 Å². The monoisotopic (exact) mass is 320 g/mol. The van der Waals surface area contributed by atoms with Gasteiger partial charge in [0.05, 0.1) is 5.52 Å². The molecule has 24 heavy (non-hydrogen) atoms. The lowest BCUT2D eigenvalue weighted by molar-refractivity contribution is 0.0984. The number of carbonyl (C=O) groups is 1. The third kappa shape index (κ3) is 3.12. The second kappa shape index (κ2) is 6.23. The fraction of sp³-hybridized carbons (Fsp3) is 0.333. The Morgan fingerprint density at radius 3 is 2.58 bits per heavy atom. The first kappa shape index (κ1) is 16.4. The number of aromatic nitrogens is 2. The van der Waals surface area contributed by atoms with Crippen molar-refractivity contribution >= 4 is 16.7 Å². The van der Waals surface area contributed by atoms with Gasteiger partial charge >= 0.3 is 0 Å². The summed E-state index contributed by atoms with van der Waals surface area (Å²) in [6.07, 6.45) is 4.97. The molecule has 0 atom stereocenters. The van der Waals surface area contributed by atoms with Crippen molar-refractivity contribution in [3.63, 3.8) is 0 Å². The molecule has 3 rings (SSSR count). The van der Waals surface area contributed by atoms with Crippen molar-refractivity contribution < 1.29 is 4.79 Å². The van der Waals surface area contributed by atoms with E-state index in [2.05, 4.69) is 42.5 Å². The zero-order valence-electron chi connectivity index (χ0n) is 14.8. The van der Waals surface area contributed by atoms with Gasteiger partial charge in [-0.1, -0.05) is 39.0 Å². The summed E-state index contributed by atoms with van der Waals surface area (Å²) >= 11 is 0. The zero-order valence-corrected chi connectivity index (χ0v) is 14.8. The van der Waals surface area contributed by atoms with Crippen LogP contribution >= 0.6 is 0 Å². The average Bonchev–Trinajstić information content (AvgIpc) is 2.94. The van der Waals surface area contributed by atoms with E-state index in [0.717, 1.165) is 22.2 Å². The van der Waals surface area contributed by atoms with Crippen LogP contribution < -0.4 is 0 Å². The second-order valence-corrected chi connectivity index (χ2v) is 7.34. The number of nitrogens with zero attached hydrogens (tertiary/aromatic N) is 2. The summed E-state index contributed by atoms with van der Waals surface area (Å²) < 4.78 is 2.12. The number of hydrogen-bond acceptors (Lipinski definition) is 2. The molecule has 0 radical (unpaired) electrons. The lowest BCUT2D eigenvalue weighted by atomic mass is 9.84. The van der Waals surface area contributed by atoms with Crippen LogP contribution in [0, 0.1) is 0 Å². The highest BCUT2D eigenvalue weighted by Gasteiger charge is 2.21. The third-order valence-corrected chi connectivity index (χ3v) is 4.48. The van der Waals surface area contributed by atoms with Crippen molar-refractivity contribution in [3.8, 4) is 0 Å². The molecular formula is C21H24N2O. The maximum absolute atomic E-state index is 12.8. The lowest BCUT2D eigenvalue weighted by Crippen LogP contribution is -2.14. The van der Waals surface area contributed by atoms with Gasteiger partial charge in [-0.2, -0.15) is 0 Å². The molecular weight excluding hydrogens is 296 g/mol. The minimum Gasteiger partial charge on any atom is -0.350 e. The normalized spacial score (nSPS) is 11.8. The number of carbonyl (C=O) groups excluding carboxylic acids is 1. The SMILES string of the molecule is Cn1ccc2c(C(=O)CCc3ccccn3)ccc(C(C)(C)C)c21. The van der Waals surface area contributed by atoms with Crippen molar-refractivity contribution in [3.05, 3.63) is 65.6 Å². The second-order valence-electron chi connectivity index (χ2n) is 7.34. The molecule has 3 heteroatoms. The molecule has 3 nitrogen and oxygen atoms in total. The number of Topliss-reactive ketones (excluding diaryl/α,β-unsaturated/α-hetero) is 1. The summed E-state index contributed by atoms with van der Waals surface area (Å²) in [6.45, 7) is 6.62. The zero-order chi connectivity index (χ0) is 17.3. The van der Waals surface area contributed by atoms with Crippen LogP contribution in [0.4, 0.5) is 0 Å². The van der Waals surface area contributed by atoms with Gasteiger partial charge in [-0.3, -0.25) is 9.78 Å². The summed E-state index contributed by atoms with van der Waals surface area (Å²) in [5.41, 5.74) is 4.24. The van der Waals surface area contributed by atoms with Crippen LogP contribution in [0.5, 0.6) is 0 Å². The Morgan fingerprint density at radius 2 is 1.92 bits per heavy atom. The molecule has 0 saturated heterocycles. The Bertz CT molecular complexity index is 870. The number of ketones is 1. The number of benzene rings is 1. The van der Waals surface area contributed by atoms with Crippen LogP contribution in [0.3, 0.4) is 0 Å². The molecule has 3 aromatic rings. The van der Waals surface area contributed by atoms with E-state index in [9.17, 15) is 4.79 Å². The maximum atomic E-state index is 12.8. The molecule has 0 saturated carbocycles. The molecule has 0 spiro atoms. The number of aryl methyl sites for hydroxylation is 2. The van der Waals surface area contributed by atoms with E-state index in [1.165, 1.54) is 5.56 Å². The minimum atomic E-state index is 0.0416. The molecule has 2 aromatic heterocycles. The Kier molecular flexibility index (Phi) is 4.27. The molecule has 124 valence electrons. The van der Waals surface area contributed by atoms with E-state index in [1.54, 1.807) is 6.20 Å². The number of pyridine rings is 1. The largest absolute Gasteiger partial charge is 0.350 e. The van der Waals surface area contributed by atoms with Crippen molar-refractivity contribution in [1.82, 2.24) is 9.55 Å². The summed E-state index contributed by atoms with van der Waals surface area (Å²) in [6, 6.07) is 12.0. The molecule has 0 unspecified atom stereocenters. The highest BCUT2D eigenvalue weighted by Crippen LogP contribution is 2.32. The summed E-state index contributed by atoms with van der Waals surface area (Å²) in [7, 11) is 2.04. The Balaban J connectivity index is 1.94. The third-order valence-electron chi connectivity index (χ3n) is 4.48. The first-order chi connectivity index (χ1) is 11.4. The van der Waals surface area contributed by atoms with Gasteiger partial charge in [-0.05, 0) is 35.6 Å². The van der Waals surface area contributed by atoms with Crippen molar-refractivity contribution in [1.29, 1.82) is 0 Å². The van der Waals surface area contributed by atoms with Gasteiger partial charge in [0.1, 0.15) is 0 Å². The van der Waals surface area contributed by atoms with E-state index < -0.39 is 0 Å². The van der Waals surface area contributed by atoms with E-state index >= 15 is 0 Å². The van der Waals surface area contributed by atoms with Gasteiger partial charge in [-0.15, -0.1) is 0 Å². The van der Waals surface area contributed by atoms with Crippen molar-refractivity contribution in [2.75, 3.05) is 0 Å². The predicted molar refractivity (Wildman–Crippen MR) is 98.5 cm³/mol. The molecule has 0 N–H and O–H groups in total. The summed E-state index contributed by atoms with van der Waals surface area (Å²) in [5, 5.41) is 1.05. The smallest absolute Gasteiger partial charge is 0.163 e. The van der Waals surface area contributed by atoms with Crippen LogP contribution in [0.15, 0.2) is 48.8 Å². The summed E-state index contributed by atoms with van der Waals surface area (Å²) in [4.78, 5) is 17.1. The highest BCUT2D eigenvalue weighted by molar-refractivity contribution is 6.08. The molecule has 0 aliphatic heterocycles. The molecule has 2 heterocycles.